The second-order valence-corrected chi connectivity index (χ2v) is 7.00. The van der Waals surface area contributed by atoms with E-state index in [4.69, 9.17) is 0 Å². The van der Waals surface area contributed by atoms with Crippen LogP contribution in [0.3, 0.4) is 0 Å². The summed E-state index contributed by atoms with van der Waals surface area (Å²) in [6.07, 6.45) is 14.3. The van der Waals surface area contributed by atoms with Crippen LogP contribution < -0.4 is 0 Å². The van der Waals surface area contributed by atoms with Crippen molar-refractivity contribution in [1.82, 2.24) is 0 Å². The molecule has 86 valence electrons. The number of hydrogen-bond acceptors (Lipinski definition) is 4. The molecule has 1 heterocycles. The summed E-state index contributed by atoms with van der Waals surface area (Å²) in [5.41, 5.74) is 0. The predicted molar refractivity (Wildman–Crippen MR) is 72.1 cm³/mol. The predicted octanol–water partition coefficient (Wildman–Crippen LogP) is 2.29. The van der Waals surface area contributed by atoms with Crippen molar-refractivity contribution in [3.8, 4) is 0 Å². The summed E-state index contributed by atoms with van der Waals surface area (Å²) in [7, 11) is 0. The largest absolute Gasteiger partial charge is 0.290 e. The molecular formula is C13H10O2S2. The van der Waals surface area contributed by atoms with E-state index in [0.29, 0.717) is 0 Å². The lowest BCUT2D eigenvalue weighted by molar-refractivity contribution is -0.111. The second-order valence-electron chi connectivity index (χ2n) is 4.13. The summed E-state index contributed by atoms with van der Waals surface area (Å²) in [5.74, 6) is 0.0613. The van der Waals surface area contributed by atoms with Gasteiger partial charge in [0.05, 0.1) is 9.49 Å². The lowest BCUT2D eigenvalue weighted by atomic mass is 9.84. The van der Waals surface area contributed by atoms with E-state index in [1.165, 1.54) is 0 Å². The van der Waals surface area contributed by atoms with Gasteiger partial charge < -0.3 is 0 Å². The van der Waals surface area contributed by atoms with Crippen molar-refractivity contribution in [1.29, 1.82) is 0 Å². The molecule has 2 aliphatic carbocycles. The minimum Gasteiger partial charge on any atom is -0.290 e. The molecule has 1 fully saturated rings. The van der Waals surface area contributed by atoms with Crippen molar-refractivity contribution >= 4 is 35.1 Å². The first-order valence-corrected chi connectivity index (χ1v) is 7.26. The van der Waals surface area contributed by atoms with Gasteiger partial charge in [-0.1, -0.05) is 24.3 Å². The van der Waals surface area contributed by atoms with Gasteiger partial charge in [-0.05, 0) is 24.3 Å². The lowest BCUT2D eigenvalue weighted by Gasteiger charge is -2.38. The molecule has 3 rings (SSSR count). The minimum atomic E-state index is -0.223. The molecule has 0 saturated carbocycles. The summed E-state index contributed by atoms with van der Waals surface area (Å²) in [5, 5.41) is 0.950. The summed E-state index contributed by atoms with van der Waals surface area (Å²) in [6, 6.07) is 0. The van der Waals surface area contributed by atoms with Crippen LogP contribution in [-0.2, 0) is 9.59 Å². The molecule has 2 nitrogen and oxygen atoms in total. The van der Waals surface area contributed by atoms with Crippen LogP contribution in [0.4, 0.5) is 0 Å². The molecule has 1 aliphatic heterocycles. The minimum absolute atomic E-state index is 0.0307. The Hall–Kier alpha value is -1.00. The Morgan fingerprint density at radius 3 is 1.47 bits per heavy atom. The molecule has 0 unspecified atom stereocenters. The highest BCUT2D eigenvalue weighted by atomic mass is 32.2. The highest BCUT2D eigenvalue weighted by molar-refractivity contribution is 8.21. The monoisotopic (exact) mass is 262 g/mol. The van der Waals surface area contributed by atoms with E-state index < -0.39 is 0 Å². The fourth-order valence-corrected chi connectivity index (χ4v) is 5.74. The smallest absolute Gasteiger partial charge is 0.178 e. The van der Waals surface area contributed by atoms with Gasteiger partial charge in [0.25, 0.3) is 0 Å². The Morgan fingerprint density at radius 1 is 0.765 bits per heavy atom. The molecular weight excluding hydrogens is 252 g/mol. The van der Waals surface area contributed by atoms with Crippen molar-refractivity contribution in [2.45, 2.75) is 9.49 Å². The van der Waals surface area contributed by atoms with Crippen LogP contribution in [0.15, 0.2) is 48.6 Å². The number of fused-ring (bicyclic) bond motifs is 1. The fourth-order valence-electron chi connectivity index (χ4n) is 2.21. The molecule has 2 spiro atoms. The van der Waals surface area contributed by atoms with E-state index in [1.54, 1.807) is 47.8 Å². The van der Waals surface area contributed by atoms with Gasteiger partial charge in [0, 0.05) is 5.08 Å². The molecule has 0 amide bonds. The van der Waals surface area contributed by atoms with Crippen LogP contribution in [0.1, 0.15) is 0 Å². The van der Waals surface area contributed by atoms with E-state index in [9.17, 15) is 9.59 Å². The number of ketones is 2. The molecule has 0 aromatic rings. The molecule has 17 heavy (non-hydrogen) atoms. The van der Waals surface area contributed by atoms with E-state index >= 15 is 0 Å². The van der Waals surface area contributed by atoms with Crippen molar-refractivity contribution in [2.24, 2.45) is 0 Å². The zero-order valence-corrected chi connectivity index (χ0v) is 10.6. The van der Waals surface area contributed by atoms with Gasteiger partial charge in [0.2, 0.25) is 0 Å². The number of hydrogen-bond donors (Lipinski definition) is 0. The average molecular weight is 262 g/mol. The first-order valence-electron chi connectivity index (χ1n) is 5.29. The molecule has 0 aromatic heterocycles. The molecule has 0 bridgehead atoms. The van der Waals surface area contributed by atoms with Gasteiger partial charge >= 0.3 is 0 Å². The van der Waals surface area contributed by atoms with Crippen molar-refractivity contribution in [2.75, 3.05) is 5.08 Å². The third-order valence-corrected chi connectivity index (χ3v) is 6.43. The second kappa shape index (κ2) is 3.75. The SMILES string of the molecule is O=C1C=CC2(C=C1)SCSC21C=CC(=O)C=C1. The van der Waals surface area contributed by atoms with Crippen molar-refractivity contribution in [3.63, 3.8) is 0 Å². The summed E-state index contributed by atoms with van der Waals surface area (Å²) < 4.78 is -0.446. The third-order valence-electron chi connectivity index (χ3n) is 3.19. The van der Waals surface area contributed by atoms with Crippen LogP contribution in [0.5, 0.6) is 0 Å². The summed E-state index contributed by atoms with van der Waals surface area (Å²) in [6.45, 7) is 0. The number of carbonyl (C=O) groups is 2. The van der Waals surface area contributed by atoms with Crippen LogP contribution in [-0.4, -0.2) is 26.1 Å². The Kier molecular flexibility index (Phi) is 2.45. The van der Waals surface area contributed by atoms with E-state index in [-0.39, 0.29) is 21.1 Å². The van der Waals surface area contributed by atoms with Gasteiger partial charge in [-0.25, -0.2) is 0 Å². The summed E-state index contributed by atoms with van der Waals surface area (Å²) >= 11 is 3.60. The van der Waals surface area contributed by atoms with Gasteiger partial charge in [0.1, 0.15) is 0 Å². The Balaban J connectivity index is 2.06. The van der Waals surface area contributed by atoms with Crippen molar-refractivity contribution in [3.05, 3.63) is 48.6 Å². The molecule has 0 N–H and O–H groups in total. The molecule has 0 aromatic carbocycles. The Labute approximate surface area is 108 Å². The van der Waals surface area contributed by atoms with Crippen LogP contribution in [0, 0.1) is 0 Å². The first-order chi connectivity index (χ1) is 8.16. The molecule has 3 aliphatic rings. The number of allylic oxidation sites excluding steroid dienone is 4. The van der Waals surface area contributed by atoms with Gasteiger partial charge in [-0.15, -0.1) is 23.5 Å². The van der Waals surface area contributed by atoms with Crippen LogP contribution in [0.25, 0.3) is 0 Å². The zero-order valence-electron chi connectivity index (χ0n) is 8.96. The number of carbonyl (C=O) groups excluding carboxylic acids is 2. The van der Waals surface area contributed by atoms with E-state index in [0.717, 1.165) is 5.08 Å². The van der Waals surface area contributed by atoms with Gasteiger partial charge in [-0.3, -0.25) is 9.59 Å². The highest BCUT2D eigenvalue weighted by Crippen LogP contribution is 2.58. The normalized spacial score (nSPS) is 27.5. The third kappa shape index (κ3) is 1.58. The average Bonchev–Trinajstić information content (AvgIpc) is 2.67. The molecule has 0 atom stereocenters. The highest BCUT2D eigenvalue weighted by Gasteiger charge is 2.52. The maximum Gasteiger partial charge on any atom is 0.178 e. The van der Waals surface area contributed by atoms with Gasteiger partial charge in [0.15, 0.2) is 11.6 Å². The fraction of sp³-hybridized carbons (Fsp3) is 0.231. The maximum atomic E-state index is 11.2. The molecule has 1 saturated heterocycles. The Bertz CT molecular complexity index is 434. The number of thioether (sulfide) groups is 2. The molecule has 0 radical (unpaired) electrons. The number of rotatable bonds is 0. The van der Waals surface area contributed by atoms with E-state index in [2.05, 4.69) is 0 Å². The zero-order chi connectivity index (χ0) is 11.9. The lowest BCUT2D eigenvalue weighted by Crippen LogP contribution is -2.42. The van der Waals surface area contributed by atoms with Crippen molar-refractivity contribution < 1.29 is 9.59 Å². The summed E-state index contributed by atoms with van der Waals surface area (Å²) in [4.78, 5) is 22.5. The van der Waals surface area contributed by atoms with Crippen LogP contribution in [0.2, 0.25) is 0 Å². The first kappa shape index (κ1) is 11.1. The maximum absolute atomic E-state index is 11.2. The quantitative estimate of drug-likeness (QED) is 0.671. The standard InChI is InChI=1S/C13H10O2S2/c14-10-1-5-12(6-2-10)13(17-9-16-12)7-3-11(15)4-8-13/h1-8H,9H2. The van der Waals surface area contributed by atoms with E-state index in [1.807, 2.05) is 24.3 Å². The Morgan fingerprint density at radius 2 is 1.12 bits per heavy atom. The van der Waals surface area contributed by atoms with Crippen LogP contribution >= 0.6 is 23.5 Å². The molecule has 4 heteroatoms. The topological polar surface area (TPSA) is 34.1 Å². The van der Waals surface area contributed by atoms with Gasteiger partial charge in [-0.2, -0.15) is 0 Å².